The summed E-state index contributed by atoms with van der Waals surface area (Å²) in [6, 6.07) is 11.9. The van der Waals surface area contributed by atoms with E-state index in [-0.39, 0.29) is 11.8 Å². The molecule has 0 spiro atoms. The van der Waals surface area contributed by atoms with Crippen molar-refractivity contribution in [3.8, 4) is 11.5 Å². The Morgan fingerprint density at radius 1 is 1.07 bits per heavy atom. The average Bonchev–Trinajstić information content (AvgIpc) is 2.70. The van der Waals surface area contributed by atoms with Gasteiger partial charge in [-0.2, -0.15) is 0 Å². The molecule has 0 bridgehead atoms. The van der Waals surface area contributed by atoms with E-state index in [4.69, 9.17) is 9.47 Å². The molecule has 0 heterocycles. The van der Waals surface area contributed by atoms with Gasteiger partial charge in [0.2, 0.25) is 5.91 Å². The van der Waals surface area contributed by atoms with Crippen molar-refractivity contribution in [1.29, 1.82) is 0 Å². The Morgan fingerprint density at radius 3 is 2.36 bits per heavy atom. The molecule has 0 saturated heterocycles. The highest BCUT2D eigenvalue weighted by Crippen LogP contribution is 2.32. The van der Waals surface area contributed by atoms with Gasteiger partial charge in [-0.15, -0.1) is 0 Å². The van der Waals surface area contributed by atoms with Gasteiger partial charge in [0.1, 0.15) is 11.5 Å². The molecule has 1 N–H and O–H groups in total. The Kier molecular flexibility index (Phi) is 7.73. The van der Waals surface area contributed by atoms with Crippen molar-refractivity contribution in [2.75, 3.05) is 37.5 Å². The van der Waals surface area contributed by atoms with Crippen LogP contribution in [0, 0.1) is 6.92 Å². The van der Waals surface area contributed by atoms with Gasteiger partial charge in [0.05, 0.1) is 14.2 Å². The number of carbonyl (C=O) groups is 1. The Bertz CT molecular complexity index is 800. The topological polar surface area (TPSA) is 50.8 Å². The maximum Gasteiger partial charge on any atom is 0.224 e. The predicted octanol–water partition coefficient (Wildman–Crippen LogP) is 4.99. The molecule has 152 valence electrons. The number of carbonyl (C=O) groups excluding carboxylic acids is 1. The van der Waals surface area contributed by atoms with Gasteiger partial charge in [-0.1, -0.05) is 13.0 Å². The molecule has 0 saturated carbocycles. The van der Waals surface area contributed by atoms with E-state index in [1.54, 1.807) is 14.2 Å². The number of ether oxygens (including phenoxy) is 2. The third-order valence-corrected chi connectivity index (χ3v) is 5.08. The van der Waals surface area contributed by atoms with Crippen LogP contribution in [0.2, 0.25) is 0 Å². The van der Waals surface area contributed by atoms with E-state index >= 15 is 0 Å². The second kappa shape index (κ2) is 10.0. The maximum atomic E-state index is 12.6. The minimum Gasteiger partial charge on any atom is -0.497 e. The van der Waals surface area contributed by atoms with E-state index in [1.165, 1.54) is 5.69 Å². The Labute approximate surface area is 168 Å². The second-order valence-electron chi connectivity index (χ2n) is 6.93. The zero-order valence-electron chi connectivity index (χ0n) is 17.8. The average molecular weight is 385 g/mol. The number of anilines is 2. The third kappa shape index (κ3) is 5.18. The molecule has 0 aromatic heterocycles. The summed E-state index contributed by atoms with van der Waals surface area (Å²) in [6.45, 7) is 10.3. The van der Waals surface area contributed by atoms with Gasteiger partial charge < -0.3 is 19.7 Å². The van der Waals surface area contributed by atoms with Crippen LogP contribution in [-0.4, -0.2) is 33.2 Å². The largest absolute Gasteiger partial charge is 0.497 e. The van der Waals surface area contributed by atoms with Gasteiger partial charge in [-0.05, 0) is 62.1 Å². The number of methoxy groups -OCH3 is 2. The van der Waals surface area contributed by atoms with E-state index in [1.807, 2.05) is 38.1 Å². The zero-order chi connectivity index (χ0) is 20.7. The number of nitrogens with one attached hydrogen (secondary N) is 1. The number of hydrogen-bond donors (Lipinski definition) is 1. The minimum atomic E-state index is -0.0101. The van der Waals surface area contributed by atoms with E-state index < -0.39 is 0 Å². The first-order chi connectivity index (χ1) is 13.4. The summed E-state index contributed by atoms with van der Waals surface area (Å²) in [4.78, 5) is 14.9. The van der Waals surface area contributed by atoms with Crippen molar-refractivity contribution in [2.24, 2.45) is 0 Å². The Morgan fingerprint density at radius 2 is 1.79 bits per heavy atom. The van der Waals surface area contributed by atoms with E-state index in [9.17, 15) is 4.79 Å². The molecule has 1 atom stereocenters. The lowest BCUT2D eigenvalue weighted by molar-refractivity contribution is -0.116. The maximum absolute atomic E-state index is 12.6. The van der Waals surface area contributed by atoms with Crippen molar-refractivity contribution in [3.05, 3.63) is 47.5 Å². The fraction of sp³-hybridized carbons (Fsp3) is 0.435. The van der Waals surface area contributed by atoms with Crippen molar-refractivity contribution >= 4 is 17.3 Å². The van der Waals surface area contributed by atoms with Crippen molar-refractivity contribution in [1.82, 2.24) is 0 Å². The van der Waals surface area contributed by atoms with Gasteiger partial charge in [0, 0.05) is 37.0 Å². The molecule has 1 amide bonds. The van der Waals surface area contributed by atoms with Crippen LogP contribution in [0.15, 0.2) is 36.4 Å². The number of benzene rings is 2. The molecule has 28 heavy (non-hydrogen) atoms. The van der Waals surface area contributed by atoms with Crippen molar-refractivity contribution in [2.45, 2.75) is 40.0 Å². The molecule has 5 heteroatoms. The van der Waals surface area contributed by atoms with E-state index in [2.05, 4.69) is 36.2 Å². The molecule has 0 fully saturated rings. The first-order valence-corrected chi connectivity index (χ1v) is 9.80. The lowest BCUT2D eigenvalue weighted by Gasteiger charge is -2.22. The smallest absolute Gasteiger partial charge is 0.224 e. The Balaban J connectivity index is 2.08. The molecule has 0 aliphatic carbocycles. The number of hydrogen-bond acceptors (Lipinski definition) is 4. The fourth-order valence-electron chi connectivity index (χ4n) is 3.39. The summed E-state index contributed by atoms with van der Waals surface area (Å²) in [6.07, 6.45) is 0.375. The van der Waals surface area contributed by atoms with Crippen LogP contribution in [0.4, 0.5) is 11.4 Å². The normalized spacial score (nSPS) is 11.6. The van der Waals surface area contributed by atoms with Crippen molar-refractivity contribution < 1.29 is 14.3 Å². The van der Waals surface area contributed by atoms with Crippen LogP contribution >= 0.6 is 0 Å². The molecule has 2 rings (SSSR count). The van der Waals surface area contributed by atoms with Gasteiger partial charge in [0.15, 0.2) is 0 Å². The van der Waals surface area contributed by atoms with Gasteiger partial charge in [-0.3, -0.25) is 4.79 Å². The summed E-state index contributed by atoms with van der Waals surface area (Å²) in [7, 11) is 3.25. The van der Waals surface area contributed by atoms with Crippen LogP contribution in [0.5, 0.6) is 11.5 Å². The zero-order valence-corrected chi connectivity index (χ0v) is 17.8. The lowest BCUT2D eigenvalue weighted by Crippen LogP contribution is -2.22. The lowest BCUT2D eigenvalue weighted by atomic mass is 9.96. The SMILES string of the molecule is CCN(CC)c1ccc(NC(=O)CC(C)c2ccc(OC)cc2OC)c(C)c1. The van der Waals surface area contributed by atoms with Gasteiger partial charge >= 0.3 is 0 Å². The van der Waals surface area contributed by atoms with Crippen LogP contribution in [-0.2, 0) is 4.79 Å². The van der Waals surface area contributed by atoms with Crippen LogP contribution in [0.3, 0.4) is 0 Å². The molecular formula is C23H32N2O3. The molecule has 0 aliphatic heterocycles. The summed E-state index contributed by atoms with van der Waals surface area (Å²) >= 11 is 0. The standard InChI is InChI=1S/C23H32N2O3/c1-7-25(8-2)18-9-12-21(17(4)13-18)24-23(26)14-16(3)20-11-10-19(27-5)15-22(20)28-6/h9-13,15-16H,7-8,14H2,1-6H3,(H,24,26). The van der Waals surface area contributed by atoms with Gasteiger partial charge in [0.25, 0.3) is 0 Å². The van der Waals surface area contributed by atoms with Gasteiger partial charge in [-0.25, -0.2) is 0 Å². The monoisotopic (exact) mass is 384 g/mol. The Hall–Kier alpha value is -2.69. The summed E-state index contributed by atoms with van der Waals surface area (Å²) in [5.74, 6) is 1.49. The van der Waals surface area contributed by atoms with E-state index in [0.717, 1.165) is 41.4 Å². The summed E-state index contributed by atoms with van der Waals surface area (Å²) < 4.78 is 10.7. The number of aryl methyl sites for hydroxylation is 1. The first kappa shape index (κ1) is 21.6. The number of rotatable bonds is 9. The molecule has 2 aromatic carbocycles. The number of amides is 1. The molecule has 2 aromatic rings. The van der Waals surface area contributed by atoms with Crippen LogP contribution in [0.1, 0.15) is 44.2 Å². The highest BCUT2D eigenvalue weighted by Gasteiger charge is 2.17. The minimum absolute atomic E-state index is 0.0101. The number of nitrogens with zero attached hydrogens (tertiary/aromatic N) is 1. The second-order valence-corrected chi connectivity index (χ2v) is 6.93. The van der Waals surface area contributed by atoms with Crippen LogP contribution in [0.25, 0.3) is 0 Å². The van der Waals surface area contributed by atoms with Crippen LogP contribution < -0.4 is 19.7 Å². The third-order valence-electron chi connectivity index (χ3n) is 5.08. The molecular weight excluding hydrogens is 352 g/mol. The molecule has 5 nitrogen and oxygen atoms in total. The van der Waals surface area contributed by atoms with E-state index in [0.29, 0.717) is 6.42 Å². The predicted molar refractivity (Wildman–Crippen MR) is 116 cm³/mol. The summed E-state index contributed by atoms with van der Waals surface area (Å²) in [5, 5.41) is 3.05. The highest BCUT2D eigenvalue weighted by molar-refractivity contribution is 5.92. The molecule has 1 unspecified atom stereocenters. The molecule has 0 aliphatic rings. The summed E-state index contributed by atoms with van der Waals surface area (Å²) in [5.41, 5.74) is 4.09. The molecule has 0 radical (unpaired) electrons. The first-order valence-electron chi connectivity index (χ1n) is 9.80. The van der Waals surface area contributed by atoms with Crippen molar-refractivity contribution in [3.63, 3.8) is 0 Å². The quantitative estimate of drug-likeness (QED) is 0.662. The fourth-order valence-corrected chi connectivity index (χ4v) is 3.39. The highest BCUT2D eigenvalue weighted by atomic mass is 16.5.